The van der Waals surface area contributed by atoms with Crippen molar-refractivity contribution in [2.24, 2.45) is 0 Å². The molecule has 0 aliphatic carbocycles. The molecule has 0 saturated carbocycles. The molecule has 2 amide bonds. The molecule has 0 radical (unpaired) electrons. The zero-order valence-corrected chi connectivity index (χ0v) is 16.3. The van der Waals surface area contributed by atoms with Crippen LogP contribution < -0.4 is 0 Å². The molecule has 0 atom stereocenters. The number of aromatic nitrogens is 1. The second-order valence-corrected chi connectivity index (χ2v) is 7.33. The first-order chi connectivity index (χ1) is 11.8. The molecule has 1 heterocycles. The molecular weight excluding hydrogens is 334 g/mol. The number of amides is 2. The molecule has 25 heavy (non-hydrogen) atoms. The number of rotatable bonds is 6. The van der Waals surface area contributed by atoms with E-state index >= 15 is 0 Å². The van der Waals surface area contributed by atoms with Gasteiger partial charge in [0.1, 0.15) is 5.69 Å². The topological polar surface area (TPSA) is 53.5 Å². The number of nitrogens with zero attached hydrogens (tertiary/aromatic N) is 3. The Balaban J connectivity index is 2.10. The standard InChI is InChI=1S/C19H25N3O2S/c1-6-22(19(24)16-12-25-17(20-16)13(2)3)11-14-7-9-15(10-8-14)18(23)21(4)5/h7-10,12-13H,6,11H2,1-5H3. The highest BCUT2D eigenvalue weighted by atomic mass is 32.1. The van der Waals surface area contributed by atoms with Crippen molar-refractivity contribution < 1.29 is 9.59 Å². The molecule has 134 valence electrons. The summed E-state index contributed by atoms with van der Waals surface area (Å²) in [5.41, 5.74) is 2.14. The van der Waals surface area contributed by atoms with Gasteiger partial charge >= 0.3 is 0 Å². The molecule has 2 aromatic rings. The van der Waals surface area contributed by atoms with Gasteiger partial charge in [0, 0.05) is 44.0 Å². The van der Waals surface area contributed by atoms with Gasteiger partial charge in [-0.05, 0) is 24.6 Å². The average Bonchev–Trinajstić information content (AvgIpc) is 3.09. The maximum atomic E-state index is 12.7. The van der Waals surface area contributed by atoms with Crippen LogP contribution in [0.3, 0.4) is 0 Å². The number of carbonyl (C=O) groups is 2. The molecule has 2 rings (SSSR count). The van der Waals surface area contributed by atoms with Gasteiger partial charge in [0.15, 0.2) is 0 Å². The number of hydrogen-bond acceptors (Lipinski definition) is 4. The van der Waals surface area contributed by atoms with E-state index in [2.05, 4.69) is 18.8 Å². The van der Waals surface area contributed by atoms with Gasteiger partial charge < -0.3 is 9.80 Å². The van der Waals surface area contributed by atoms with Crippen LogP contribution in [0.15, 0.2) is 29.6 Å². The highest BCUT2D eigenvalue weighted by molar-refractivity contribution is 7.09. The molecular formula is C19H25N3O2S. The molecule has 0 aliphatic heterocycles. The SMILES string of the molecule is CCN(Cc1ccc(C(=O)N(C)C)cc1)C(=O)c1csc(C(C)C)n1. The molecule has 0 fully saturated rings. The van der Waals surface area contributed by atoms with E-state index in [1.54, 1.807) is 36.0 Å². The smallest absolute Gasteiger partial charge is 0.273 e. The van der Waals surface area contributed by atoms with Crippen molar-refractivity contribution >= 4 is 23.2 Å². The Morgan fingerprint density at radius 2 is 1.76 bits per heavy atom. The lowest BCUT2D eigenvalue weighted by Gasteiger charge is -2.20. The normalized spacial score (nSPS) is 10.8. The summed E-state index contributed by atoms with van der Waals surface area (Å²) in [6.07, 6.45) is 0. The van der Waals surface area contributed by atoms with Crippen LogP contribution in [0.2, 0.25) is 0 Å². The Morgan fingerprint density at radius 1 is 1.12 bits per heavy atom. The number of thiazole rings is 1. The van der Waals surface area contributed by atoms with Gasteiger partial charge in [-0.15, -0.1) is 11.3 Å². The van der Waals surface area contributed by atoms with E-state index in [4.69, 9.17) is 0 Å². The molecule has 0 aliphatic rings. The van der Waals surface area contributed by atoms with Gasteiger partial charge in [-0.25, -0.2) is 4.98 Å². The van der Waals surface area contributed by atoms with Crippen molar-refractivity contribution in [3.8, 4) is 0 Å². The van der Waals surface area contributed by atoms with Crippen LogP contribution in [-0.4, -0.2) is 47.2 Å². The summed E-state index contributed by atoms with van der Waals surface area (Å²) in [5.74, 6) is 0.237. The van der Waals surface area contributed by atoms with Crippen LogP contribution in [0, 0.1) is 0 Å². The first-order valence-corrected chi connectivity index (χ1v) is 9.26. The predicted molar refractivity (Wildman–Crippen MR) is 101 cm³/mol. The van der Waals surface area contributed by atoms with E-state index in [1.807, 2.05) is 24.4 Å². The quantitative estimate of drug-likeness (QED) is 0.791. The largest absolute Gasteiger partial charge is 0.345 e. The molecule has 1 aromatic carbocycles. The van der Waals surface area contributed by atoms with E-state index < -0.39 is 0 Å². The molecule has 0 unspecified atom stereocenters. The van der Waals surface area contributed by atoms with Crippen molar-refractivity contribution in [1.82, 2.24) is 14.8 Å². The molecule has 0 spiro atoms. The zero-order valence-electron chi connectivity index (χ0n) is 15.4. The Bertz CT molecular complexity index is 735. The van der Waals surface area contributed by atoms with Crippen molar-refractivity contribution in [3.05, 3.63) is 51.5 Å². The van der Waals surface area contributed by atoms with Crippen LogP contribution in [0.25, 0.3) is 0 Å². The first kappa shape index (κ1) is 19.1. The van der Waals surface area contributed by atoms with E-state index in [-0.39, 0.29) is 11.8 Å². The van der Waals surface area contributed by atoms with Gasteiger partial charge in [0.25, 0.3) is 11.8 Å². The lowest BCUT2D eigenvalue weighted by atomic mass is 10.1. The molecule has 0 bridgehead atoms. The van der Waals surface area contributed by atoms with Gasteiger partial charge in [-0.2, -0.15) is 0 Å². The minimum Gasteiger partial charge on any atom is -0.345 e. The monoisotopic (exact) mass is 359 g/mol. The molecule has 1 aromatic heterocycles. The number of carbonyl (C=O) groups excluding carboxylic acids is 2. The lowest BCUT2D eigenvalue weighted by molar-refractivity contribution is 0.0746. The summed E-state index contributed by atoms with van der Waals surface area (Å²) in [5, 5.41) is 2.81. The van der Waals surface area contributed by atoms with Crippen molar-refractivity contribution in [2.75, 3.05) is 20.6 Å². The van der Waals surface area contributed by atoms with Crippen molar-refractivity contribution in [3.63, 3.8) is 0 Å². The highest BCUT2D eigenvalue weighted by Gasteiger charge is 2.19. The van der Waals surface area contributed by atoms with E-state index in [0.717, 1.165) is 10.6 Å². The third-order valence-electron chi connectivity index (χ3n) is 3.88. The fourth-order valence-corrected chi connectivity index (χ4v) is 3.18. The van der Waals surface area contributed by atoms with Gasteiger partial charge in [-0.1, -0.05) is 26.0 Å². The van der Waals surface area contributed by atoms with Crippen LogP contribution in [0.1, 0.15) is 58.1 Å². The zero-order chi connectivity index (χ0) is 18.6. The van der Waals surface area contributed by atoms with Crippen LogP contribution >= 0.6 is 11.3 Å². The summed E-state index contributed by atoms with van der Waals surface area (Å²) in [4.78, 5) is 32.4. The summed E-state index contributed by atoms with van der Waals surface area (Å²) >= 11 is 1.53. The Hall–Kier alpha value is -2.21. The molecule has 0 N–H and O–H groups in total. The maximum absolute atomic E-state index is 12.7. The molecule has 6 heteroatoms. The predicted octanol–water partition coefficient (Wildman–Crippen LogP) is 3.63. The maximum Gasteiger partial charge on any atom is 0.273 e. The number of benzene rings is 1. The first-order valence-electron chi connectivity index (χ1n) is 8.38. The molecule has 5 nitrogen and oxygen atoms in total. The third-order valence-corrected chi connectivity index (χ3v) is 5.03. The van der Waals surface area contributed by atoms with Gasteiger partial charge in [0.2, 0.25) is 0 Å². The van der Waals surface area contributed by atoms with E-state index in [9.17, 15) is 9.59 Å². The summed E-state index contributed by atoms with van der Waals surface area (Å²) in [6, 6.07) is 7.39. The number of hydrogen-bond donors (Lipinski definition) is 0. The highest BCUT2D eigenvalue weighted by Crippen LogP contribution is 2.20. The summed E-state index contributed by atoms with van der Waals surface area (Å²) in [6.45, 7) is 7.20. The lowest BCUT2D eigenvalue weighted by Crippen LogP contribution is -2.30. The van der Waals surface area contributed by atoms with Gasteiger partial charge in [-0.3, -0.25) is 9.59 Å². The summed E-state index contributed by atoms with van der Waals surface area (Å²) < 4.78 is 0. The van der Waals surface area contributed by atoms with Crippen molar-refractivity contribution in [1.29, 1.82) is 0 Å². The Morgan fingerprint density at radius 3 is 2.24 bits per heavy atom. The average molecular weight is 359 g/mol. The van der Waals surface area contributed by atoms with Crippen LogP contribution in [0.4, 0.5) is 0 Å². The molecule has 0 saturated heterocycles. The summed E-state index contributed by atoms with van der Waals surface area (Å²) in [7, 11) is 3.46. The van der Waals surface area contributed by atoms with E-state index in [1.165, 1.54) is 11.3 Å². The minimum atomic E-state index is -0.0564. The van der Waals surface area contributed by atoms with Crippen molar-refractivity contribution in [2.45, 2.75) is 33.2 Å². The van der Waals surface area contributed by atoms with Crippen LogP contribution in [0.5, 0.6) is 0 Å². The Kier molecular flexibility index (Phi) is 6.31. The van der Waals surface area contributed by atoms with Gasteiger partial charge in [0.05, 0.1) is 5.01 Å². The fourth-order valence-electron chi connectivity index (χ4n) is 2.37. The third kappa shape index (κ3) is 4.66. The van der Waals surface area contributed by atoms with E-state index in [0.29, 0.717) is 30.3 Å². The van der Waals surface area contributed by atoms with Crippen LogP contribution in [-0.2, 0) is 6.54 Å². The second-order valence-electron chi connectivity index (χ2n) is 6.44. The Labute approximate surface area is 153 Å². The fraction of sp³-hybridized carbons (Fsp3) is 0.421. The minimum absolute atomic E-state index is 0.0290. The second kappa shape index (κ2) is 8.25.